The number of rotatable bonds is 2. The third kappa shape index (κ3) is 2.26. The molecule has 1 aromatic rings. The van der Waals surface area contributed by atoms with Crippen LogP contribution < -0.4 is 0 Å². The first-order chi connectivity index (χ1) is 6.54. The Bertz CT molecular complexity index is 336. The molecule has 0 saturated carbocycles. The van der Waals surface area contributed by atoms with Gasteiger partial charge in [-0.15, -0.1) is 0 Å². The van der Waals surface area contributed by atoms with Crippen LogP contribution in [0.1, 0.15) is 25.5 Å². The van der Waals surface area contributed by atoms with Gasteiger partial charge in [-0.1, -0.05) is 29.8 Å². The number of benzene rings is 1. The SMILES string of the molecule is CC(=N)N(C)C(C)c1ccccc1Cl. The van der Waals surface area contributed by atoms with Crippen molar-refractivity contribution in [2.24, 2.45) is 0 Å². The number of halogens is 1. The molecular formula is C11H15ClN2. The fourth-order valence-electron chi connectivity index (χ4n) is 1.31. The Morgan fingerprint density at radius 1 is 1.43 bits per heavy atom. The molecule has 0 spiro atoms. The molecule has 1 unspecified atom stereocenters. The van der Waals surface area contributed by atoms with Crippen LogP contribution in [0.25, 0.3) is 0 Å². The number of nitrogens with zero attached hydrogens (tertiary/aromatic N) is 1. The van der Waals surface area contributed by atoms with E-state index >= 15 is 0 Å². The Morgan fingerprint density at radius 3 is 2.50 bits per heavy atom. The lowest BCUT2D eigenvalue weighted by Gasteiger charge is -2.26. The van der Waals surface area contributed by atoms with E-state index in [1.807, 2.05) is 43.1 Å². The number of hydrogen-bond acceptors (Lipinski definition) is 1. The van der Waals surface area contributed by atoms with E-state index in [0.29, 0.717) is 5.84 Å². The van der Waals surface area contributed by atoms with Crippen LogP contribution in [-0.4, -0.2) is 17.8 Å². The zero-order chi connectivity index (χ0) is 10.7. The van der Waals surface area contributed by atoms with Crippen molar-refractivity contribution in [1.82, 2.24) is 4.90 Å². The molecular weight excluding hydrogens is 196 g/mol. The predicted octanol–water partition coefficient (Wildman–Crippen LogP) is 3.33. The third-order valence-corrected chi connectivity index (χ3v) is 2.81. The highest BCUT2D eigenvalue weighted by Crippen LogP contribution is 2.25. The molecule has 0 saturated heterocycles. The van der Waals surface area contributed by atoms with Gasteiger partial charge in [0.25, 0.3) is 0 Å². The van der Waals surface area contributed by atoms with Gasteiger partial charge in [0, 0.05) is 12.1 Å². The van der Waals surface area contributed by atoms with Gasteiger partial charge in [0.1, 0.15) is 0 Å². The lowest BCUT2D eigenvalue weighted by molar-refractivity contribution is 0.398. The van der Waals surface area contributed by atoms with Gasteiger partial charge >= 0.3 is 0 Å². The van der Waals surface area contributed by atoms with E-state index in [4.69, 9.17) is 17.0 Å². The average molecular weight is 211 g/mol. The van der Waals surface area contributed by atoms with Crippen molar-refractivity contribution in [3.05, 3.63) is 34.9 Å². The Kier molecular flexibility index (Phi) is 3.53. The van der Waals surface area contributed by atoms with Crippen LogP contribution in [0.2, 0.25) is 5.02 Å². The minimum Gasteiger partial charge on any atom is -0.357 e. The largest absolute Gasteiger partial charge is 0.357 e. The van der Waals surface area contributed by atoms with E-state index < -0.39 is 0 Å². The van der Waals surface area contributed by atoms with E-state index in [1.54, 1.807) is 6.92 Å². The molecule has 1 N–H and O–H groups in total. The summed E-state index contributed by atoms with van der Waals surface area (Å²) in [5, 5.41) is 8.29. The summed E-state index contributed by atoms with van der Waals surface area (Å²) in [6, 6.07) is 7.88. The topological polar surface area (TPSA) is 27.1 Å². The Labute approximate surface area is 90.0 Å². The van der Waals surface area contributed by atoms with Crippen LogP contribution in [0, 0.1) is 5.41 Å². The van der Waals surface area contributed by atoms with Gasteiger partial charge in [-0.25, -0.2) is 0 Å². The highest BCUT2D eigenvalue weighted by molar-refractivity contribution is 6.31. The molecule has 0 bridgehead atoms. The van der Waals surface area contributed by atoms with E-state index in [-0.39, 0.29) is 6.04 Å². The van der Waals surface area contributed by atoms with Gasteiger partial charge < -0.3 is 4.90 Å². The van der Waals surface area contributed by atoms with Crippen molar-refractivity contribution in [2.75, 3.05) is 7.05 Å². The van der Waals surface area contributed by atoms with Gasteiger partial charge in [0.05, 0.1) is 11.9 Å². The summed E-state index contributed by atoms with van der Waals surface area (Å²) in [6.45, 7) is 3.81. The first-order valence-corrected chi connectivity index (χ1v) is 4.94. The maximum Gasteiger partial charge on any atom is 0.0928 e. The Balaban J connectivity index is 2.94. The summed E-state index contributed by atoms with van der Waals surface area (Å²) in [5.41, 5.74) is 1.06. The second kappa shape index (κ2) is 4.47. The van der Waals surface area contributed by atoms with Gasteiger partial charge in [-0.2, -0.15) is 0 Å². The molecule has 2 nitrogen and oxygen atoms in total. The fraction of sp³-hybridized carbons (Fsp3) is 0.364. The first kappa shape index (κ1) is 11.1. The summed E-state index contributed by atoms with van der Waals surface area (Å²) in [7, 11) is 1.90. The molecule has 1 atom stereocenters. The molecule has 0 aliphatic rings. The normalized spacial score (nSPS) is 12.3. The zero-order valence-electron chi connectivity index (χ0n) is 8.71. The van der Waals surface area contributed by atoms with Gasteiger partial charge in [0.2, 0.25) is 0 Å². The van der Waals surface area contributed by atoms with Crippen molar-refractivity contribution in [3.8, 4) is 0 Å². The lowest BCUT2D eigenvalue weighted by atomic mass is 10.1. The van der Waals surface area contributed by atoms with E-state index in [0.717, 1.165) is 10.6 Å². The van der Waals surface area contributed by atoms with E-state index in [9.17, 15) is 0 Å². The molecule has 3 heteroatoms. The van der Waals surface area contributed by atoms with Gasteiger partial charge in [-0.3, -0.25) is 5.41 Å². The smallest absolute Gasteiger partial charge is 0.0928 e. The second-order valence-corrected chi connectivity index (χ2v) is 3.80. The monoisotopic (exact) mass is 210 g/mol. The average Bonchev–Trinajstić information content (AvgIpc) is 2.16. The molecule has 14 heavy (non-hydrogen) atoms. The van der Waals surface area contributed by atoms with Crippen molar-refractivity contribution < 1.29 is 0 Å². The minimum absolute atomic E-state index is 0.140. The maximum absolute atomic E-state index is 7.53. The van der Waals surface area contributed by atoms with Crippen molar-refractivity contribution >= 4 is 17.4 Å². The molecule has 76 valence electrons. The predicted molar refractivity (Wildman–Crippen MR) is 61.0 cm³/mol. The Hall–Kier alpha value is -1.02. The lowest BCUT2D eigenvalue weighted by Crippen LogP contribution is -2.26. The third-order valence-electron chi connectivity index (χ3n) is 2.47. The highest BCUT2D eigenvalue weighted by atomic mass is 35.5. The summed E-state index contributed by atoms with van der Waals surface area (Å²) >= 11 is 6.07. The minimum atomic E-state index is 0.140. The molecule has 0 aliphatic heterocycles. The molecule has 0 aromatic heterocycles. The molecule has 1 rings (SSSR count). The highest BCUT2D eigenvalue weighted by Gasteiger charge is 2.14. The summed E-state index contributed by atoms with van der Waals surface area (Å²) in [4.78, 5) is 1.89. The summed E-state index contributed by atoms with van der Waals surface area (Å²) in [5.74, 6) is 0.539. The van der Waals surface area contributed by atoms with Crippen LogP contribution in [0.3, 0.4) is 0 Å². The summed E-state index contributed by atoms with van der Waals surface area (Å²) in [6.07, 6.45) is 0. The van der Waals surface area contributed by atoms with Gasteiger partial charge in [0.15, 0.2) is 0 Å². The first-order valence-electron chi connectivity index (χ1n) is 4.56. The molecule has 0 radical (unpaired) electrons. The zero-order valence-corrected chi connectivity index (χ0v) is 9.47. The second-order valence-electron chi connectivity index (χ2n) is 3.39. The number of nitrogens with one attached hydrogen (secondary N) is 1. The van der Waals surface area contributed by atoms with Crippen LogP contribution >= 0.6 is 11.6 Å². The molecule has 0 aliphatic carbocycles. The Morgan fingerprint density at radius 2 is 2.00 bits per heavy atom. The fourth-order valence-corrected chi connectivity index (χ4v) is 1.61. The van der Waals surface area contributed by atoms with Crippen LogP contribution in [-0.2, 0) is 0 Å². The van der Waals surface area contributed by atoms with E-state index in [2.05, 4.69) is 0 Å². The molecule has 0 heterocycles. The van der Waals surface area contributed by atoms with E-state index in [1.165, 1.54) is 0 Å². The van der Waals surface area contributed by atoms with Crippen LogP contribution in [0.15, 0.2) is 24.3 Å². The van der Waals surface area contributed by atoms with Crippen molar-refractivity contribution in [2.45, 2.75) is 19.9 Å². The van der Waals surface area contributed by atoms with Gasteiger partial charge in [-0.05, 0) is 25.5 Å². The van der Waals surface area contributed by atoms with Crippen LogP contribution in [0.4, 0.5) is 0 Å². The molecule has 1 aromatic carbocycles. The quantitative estimate of drug-likeness (QED) is 0.589. The standard InChI is InChI=1S/C11H15ClN2/c1-8(14(3)9(2)13)10-6-4-5-7-11(10)12/h4-8,13H,1-3H3. The maximum atomic E-state index is 7.53. The van der Waals surface area contributed by atoms with Crippen molar-refractivity contribution in [1.29, 1.82) is 5.41 Å². The number of amidine groups is 1. The van der Waals surface area contributed by atoms with Crippen molar-refractivity contribution in [3.63, 3.8) is 0 Å². The molecule has 0 fully saturated rings. The summed E-state index contributed by atoms with van der Waals surface area (Å²) < 4.78 is 0. The molecule has 0 amide bonds. The number of hydrogen-bond donors (Lipinski definition) is 1. The van der Waals surface area contributed by atoms with Crippen LogP contribution in [0.5, 0.6) is 0 Å².